The van der Waals surface area contributed by atoms with Gasteiger partial charge in [0, 0.05) is 5.75 Å². The number of thioether (sulfide) groups is 1. The Kier molecular flexibility index (Phi) is 6.24. The van der Waals surface area contributed by atoms with Crippen molar-refractivity contribution in [1.29, 1.82) is 0 Å². The second-order valence-corrected chi connectivity index (χ2v) is 4.04. The van der Waals surface area contributed by atoms with E-state index < -0.39 is 0 Å². The van der Waals surface area contributed by atoms with E-state index in [0.29, 0.717) is 5.92 Å². The van der Waals surface area contributed by atoms with Gasteiger partial charge in [0.1, 0.15) is 0 Å². The summed E-state index contributed by atoms with van der Waals surface area (Å²) in [6, 6.07) is 0. The van der Waals surface area contributed by atoms with Crippen molar-refractivity contribution >= 4 is 11.8 Å². The second-order valence-electron chi connectivity index (χ2n) is 2.89. The molecule has 0 aliphatic rings. The first-order valence-electron chi connectivity index (χ1n) is 3.94. The summed E-state index contributed by atoms with van der Waals surface area (Å²) in [6.45, 7) is 6.27. The molecule has 1 nitrogen and oxygen atoms in total. The normalized spacial score (nSPS) is 14.1. The Morgan fingerprint density at radius 1 is 1.40 bits per heavy atom. The lowest BCUT2D eigenvalue weighted by atomic mass is 10.1. The topological polar surface area (TPSA) is 20.2 Å². The summed E-state index contributed by atoms with van der Waals surface area (Å²) in [6.07, 6.45) is 1.09. The quantitative estimate of drug-likeness (QED) is 0.625. The van der Waals surface area contributed by atoms with Crippen LogP contribution in [0.15, 0.2) is 0 Å². The molecule has 0 aromatic carbocycles. The van der Waals surface area contributed by atoms with Crippen LogP contribution < -0.4 is 0 Å². The molecule has 0 aromatic heterocycles. The molecule has 2 heteroatoms. The Morgan fingerprint density at radius 3 is 2.40 bits per heavy atom. The van der Waals surface area contributed by atoms with Crippen molar-refractivity contribution in [3.63, 3.8) is 0 Å². The molecule has 0 fully saturated rings. The van der Waals surface area contributed by atoms with E-state index in [4.69, 9.17) is 0 Å². The van der Waals surface area contributed by atoms with Gasteiger partial charge in [-0.3, -0.25) is 0 Å². The van der Waals surface area contributed by atoms with Crippen molar-refractivity contribution in [2.75, 3.05) is 11.5 Å². The Hall–Kier alpha value is 0.310. The average molecular weight is 162 g/mol. The average Bonchev–Trinajstić information content (AvgIpc) is 1.88. The van der Waals surface area contributed by atoms with Gasteiger partial charge in [-0.05, 0) is 18.1 Å². The van der Waals surface area contributed by atoms with Gasteiger partial charge in [0.25, 0.3) is 0 Å². The predicted octanol–water partition coefficient (Wildman–Crippen LogP) is 2.15. The molecule has 0 bridgehead atoms. The standard InChI is InChI=1S/C8H18OS/c1-4-5-10-6-8(9)7(2)3/h7-9H,4-6H2,1-3H3. The monoisotopic (exact) mass is 162 g/mol. The van der Waals surface area contributed by atoms with Gasteiger partial charge in [-0.2, -0.15) is 11.8 Å². The van der Waals surface area contributed by atoms with E-state index in [2.05, 4.69) is 20.8 Å². The maximum atomic E-state index is 9.33. The molecular formula is C8H18OS. The molecule has 0 aromatic rings. The van der Waals surface area contributed by atoms with Crippen LogP contribution in [0.3, 0.4) is 0 Å². The molecule has 0 saturated heterocycles. The van der Waals surface area contributed by atoms with Crippen LogP contribution >= 0.6 is 11.8 Å². The second kappa shape index (κ2) is 6.05. The highest BCUT2D eigenvalue weighted by molar-refractivity contribution is 7.99. The van der Waals surface area contributed by atoms with Crippen LogP contribution in [0.2, 0.25) is 0 Å². The fraction of sp³-hybridized carbons (Fsp3) is 1.00. The Morgan fingerprint density at radius 2 is 2.00 bits per heavy atom. The zero-order chi connectivity index (χ0) is 7.98. The van der Waals surface area contributed by atoms with Gasteiger partial charge >= 0.3 is 0 Å². The van der Waals surface area contributed by atoms with Crippen molar-refractivity contribution in [2.45, 2.75) is 33.3 Å². The molecular weight excluding hydrogens is 144 g/mol. The van der Waals surface area contributed by atoms with Crippen molar-refractivity contribution in [3.05, 3.63) is 0 Å². The molecule has 1 atom stereocenters. The SMILES string of the molecule is CCCSCC(O)C(C)C. The van der Waals surface area contributed by atoms with E-state index in [1.807, 2.05) is 11.8 Å². The number of rotatable bonds is 5. The van der Waals surface area contributed by atoms with Gasteiger partial charge < -0.3 is 5.11 Å². The highest BCUT2D eigenvalue weighted by Crippen LogP contribution is 2.10. The fourth-order valence-electron chi connectivity index (χ4n) is 0.541. The van der Waals surface area contributed by atoms with Gasteiger partial charge in [0.15, 0.2) is 0 Å². The van der Waals surface area contributed by atoms with E-state index in [1.165, 1.54) is 12.2 Å². The van der Waals surface area contributed by atoms with Crippen LogP contribution in [0.25, 0.3) is 0 Å². The van der Waals surface area contributed by atoms with Crippen molar-refractivity contribution in [3.8, 4) is 0 Å². The summed E-state index contributed by atoms with van der Waals surface area (Å²) in [5.74, 6) is 2.47. The zero-order valence-electron chi connectivity index (χ0n) is 7.13. The number of hydrogen-bond donors (Lipinski definition) is 1. The fourth-order valence-corrected chi connectivity index (χ4v) is 1.62. The van der Waals surface area contributed by atoms with Crippen molar-refractivity contribution in [2.24, 2.45) is 5.92 Å². The summed E-state index contributed by atoms with van der Waals surface area (Å²) in [5.41, 5.74) is 0. The number of hydrogen-bond acceptors (Lipinski definition) is 2. The van der Waals surface area contributed by atoms with Crippen molar-refractivity contribution in [1.82, 2.24) is 0 Å². The van der Waals surface area contributed by atoms with Gasteiger partial charge in [-0.1, -0.05) is 20.8 Å². The lowest BCUT2D eigenvalue weighted by Gasteiger charge is -2.12. The number of aliphatic hydroxyl groups excluding tert-OH is 1. The lowest BCUT2D eigenvalue weighted by molar-refractivity contribution is 0.149. The third-order valence-corrected chi connectivity index (χ3v) is 2.68. The van der Waals surface area contributed by atoms with Crippen LogP contribution in [0.4, 0.5) is 0 Å². The van der Waals surface area contributed by atoms with Crippen molar-refractivity contribution < 1.29 is 5.11 Å². The van der Waals surface area contributed by atoms with Gasteiger partial charge in [0.2, 0.25) is 0 Å². The predicted molar refractivity (Wildman–Crippen MR) is 48.5 cm³/mol. The van der Waals surface area contributed by atoms with Crippen LogP contribution in [0.5, 0.6) is 0 Å². The summed E-state index contributed by atoms with van der Waals surface area (Å²) in [7, 11) is 0. The summed E-state index contributed by atoms with van der Waals surface area (Å²) in [4.78, 5) is 0. The minimum Gasteiger partial charge on any atom is -0.392 e. The van der Waals surface area contributed by atoms with Gasteiger partial charge in [-0.15, -0.1) is 0 Å². The number of aliphatic hydroxyl groups is 1. The highest BCUT2D eigenvalue weighted by atomic mass is 32.2. The molecule has 0 saturated carbocycles. The third kappa shape index (κ3) is 5.12. The van der Waals surface area contributed by atoms with Crippen LogP contribution in [0.1, 0.15) is 27.2 Å². The molecule has 1 unspecified atom stereocenters. The molecule has 62 valence electrons. The Bertz CT molecular complexity index is 73.7. The Labute approximate surface area is 68.2 Å². The first kappa shape index (κ1) is 10.3. The van der Waals surface area contributed by atoms with Gasteiger partial charge in [-0.25, -0.2) is 0 Å². The summed E-state index contributed by atoms with van der Waals surface area (Å²) >= 11 is 1.84. The molecule has 0 aliphatic heterocycles. The maximum Gasteiger partial charge on any atom is 0.0653 e. The lowest BCUT2D eigenvalue weighted by Crippen LogP contribution is -2.17. The molecule has 0 amide bonds. The minimum absolute atomic E-state index is 0.114. The van der Waals surface area contributed by atoms with Crippen LogP contribution in [-0.2, 0) is 0 Å². The molecule has 1 N–H and O–H groups in total. The Balaban J connectivity index is 3.13. The molecule has 0 spiro atoms. The zero-order valence-corrected chi connectivity index (χ0v) is 7.95. The van der Waals surface area contributed by atoms with E-state index in [-0.39, 0.29) is 6.10 Å². The largest absolute Gasteiger partial charge is 0.392 e. The third-order valence-electron chi connectivity index (χ3n) is 1.41. The van der Waals surface area contributed by atoms with Gasteiger partial charge in [0.05, 0.1) is 6.10 Å². The van der Waals surface area contributed by atoms with E-state index in [0.717, 1.165) is 5.75 Å². The maximum absolute atomic E-state index is 9.33. The van der Waals surface area contributed by atoms with Crippen LogP contribution in [-0.4, -0.2) is 22.7 Å². The van der Waals surface area contributed by atoms with E-state index in [9.17, 15) is 5.11 Å². The highest BCUT2D eigenvalue weighted by Gasteiger charge is 2.07. The van der Waals surface area contributed by atoms with Crippen LogP contribution in [0, 0.1) is 5.92 Å². The first-order chi connectivity index (χ1) is 4.68. The summed E-state index contributed by atoms with van der Waals surface area (Å²) < 4.78 is 0. The molecule has 0 heterocycles. The first-order valence-corrected chi connectivity index (χ1v) is 5.09. The minimum atomic E-state index is -0.114. The van der Waals surface area contributed by atoms with E-state index >= 15 is 0 Å². The molecule has 10 heavy (non-hydrogen) atoms. The summed E-state index contributed by atoms with van der Waals surface area (Å²) in [5, 5.41) is 9.33. The molecule has 0 radical (unpaired) electrons. The van der Waals surface area contributed by atoms with E-state index in [1.54, 1.807) is 0 Å². The molecule has 0 rings (SSSR count). The molecule has 0 aliphatic carbocycles. The smallest absolute Gasteiger partial charge is 0.0653 e.